The number of para-hydroxylation sites is 2. The van der Waals surface area contributed by atoms with Gasteiger partial charge >= 0.3 is 0 Å². The zero-order valence-corrected chi connectivity index (χ0v) is 13.2. The molecule has 0 fully saturated rings. The number of imidazole rings is 1. The summed E-state index contributed by atoms with van der Waals surface area (Å²) in [5, 5.41) is 12.0. The molecule has 0 saturated carbocycles. The van der Waals surface area contributed by atoms with Crippen LogP contribution in [0.5, 0.6) is 5.75 Å². The first-order valence-electron chi connectivity index (χ1n) is 7.72. The second-order valence-electron chi connectivity index (χ2n) is 5.68. The van der Waals surface area contributed by atoms with E-state index < -0.39 is 11.6 Å². The second-order valence-corrected chi connectivity index (χ2v) is 5.68. The zero-order valence-electron chi connectivity index (χ0n) is 13.2. The molecule has 3 aromatic rings. The van der Waals surface area contributed by atoms with Gasteiger partial charge in [-0.15, -0.1) is 0 Å². The Morgan fingerprint density at radius 1 is 1.33 bits per heavy atom. The molecule has 0 bridgehead atoms. The summed E-state index contributed by atoms with van der Waals surface area (Å²) >= 11 is 0. The molecule has 0 radical (unpaired) electrons. The maximum atomic E-state index is 13.4. The van der Waals surface area contributed by atoms with Gasteiger partial charge in [-0.05, 0) is 36.8 Å². The van der Waals surface area contributed by atoms with Crippen molar-refractivity contribution in [2.45, 2.75) is 25.9 Å². The Hall–Kier alpha value is -2.89. The first kappa shape index (κ1) is 16.0. The van der Waals surface area contributed by atoms with Crippen LogP contribution in [0, 0.1) is 5.82 Å². The molecule has 1 atom stereocenters. The van der Waals surface area contributed by atoms with Crippen molar-refractivity contribution >= 4 is 16.9 Å². The predicted molar refractivity (Wildman–Crippen MR) is 89.0 cm³/mol. The number of benzene rings is 2. The molecule has 0 saturated heterocycles. The van der Waals surface area contributed by atoms with E-state index in [4.69, 9.17) is 0 Å². The average Bonchev–Trinajstić information content (AvgIpc) is 2.98. The summed E-state index contributed by atoms with van der Waals surface area (Å²) in [5.41, 5.74) is 2.48. The van der Waals surface area contributed by atoms with Crippen molar-refractivity contribution in [2.75, 3.05) is 0 Å². The number of aromatic nitrogens is 2. The molecule has 2 aromatic carbocycles. The van der Waals surface area contributed by atoms with Crippen LogP contribution in [0.15, 0.2) is 48.8 Å². The summed E-state index contributed by atoms with van der Waals surface area (Å²) < 4.78 is 15.3. The molecule has 124 valence electrons. The number of aryl methyl sites for hydroxylation is 1. The SMILES string of the molecule is C[C@H](NC(=O)CCn1cnc2ccccc21)c1ccc(O)c(F)c1. The van der Waals surface area contributed by atoms with Crippen molar-refractivity contribution in [2.24, 2.45) is 0 Å². The molecular formula is C18H18FN3O2. The fraction of sp³-hybridized carbons (Fsp3) is 0.222. The number of phenols is 1. The van der Waals surface area contributed by atoms with Gasteiger partial charge in [0.2, 0.25) is 5.91 Å². The summed E-state index contributed by atoms with van der Waals surface area (Å²) in [7, 11) is 0. The predicted octanol–water partition coefficient (Wildman–Crippen LogP) is 3.15. The summed E-state index contributed by atoms with van der Waals surface area (Å²) in [6, 6.07) is 11.5. The van der Waals surface area contributed by atoms with Crippen LogP contribution < -0.4 is 5.32 Å². The topological polar surface area (TPSA) is 67.2 Å². The summed E-state index contributed by atoms with van der Waals surface area (Å²) in [4.78, 5) is 16.4. The van der Waals surface area contributed by atoms with Gasteiger partial charge in [-0.3, -0.25) is 4.79 Å². The number of nitrogens with one attached hydrogen (secondary N) is 1. The van der Waals surface area contributed by atoms with Gasteiger partial charge in [0.05, 0.1) is 23.4 Å². The van der Waals surface area contributed by atoms with Crippen molar-refractivity contribution in [3.8, 4) is 5.75 Å². The Morgan fingerprint density at radius 3 is 2.92 bits per heavy atom. The molecular weight excluding hydrogens is 309 g/mol. The number of amides is 1. The molecule has 0 unspecified atom stereocenters. The van der Waals surface area contributed by atoms with Crippen LogP contribution >= 0.6 is 0 Å². The fourth-order valence-electron chi connectivity index (χ4n) is 2.60. The second kappa shape index (κ2) is 6.70. The molecule has 0 spiro atoms. The first-order valence-corrected chi connectivity index (χ1v) is 7.72. The lowest BCUT2D eigenvalue weighted by Gasteiger charge is -2.15. The first-order chi connectivity index (χ1) is 11.5. The van der Waals surface area contributed by atoms with Crippen molar-refractivity contribution in [3.63, 3.8) is 0 Å². The number of halogens is 1. The minimum atomic E-state index is -0.696. The van der Waals surface area contributed by atoms with Crippen LogP contribution in [0.3, 0.4) is 0 Å². The third kappa shape index (κ3) is 3.37. The number of nitrogens with zero attached hydrogens (tertiary/aromatic N) is 2. The van der Waals surface area contributed by atoms with Crippen LogP contribution in [0.1, 0.15) is 24.9 Å². The average molecular weight is 327 g/mol. The minimum absolute atomic E-state index is 0.131. The van der Waals surface area contributed by atoms with Crippen molar-refractivity contribution < 1.29 is 14.3 Å². The van der Waals surface area contributed by atoms with Gasteiger partial charge < -0.3 is 15.0 Å². The Labute approximate surface area is 138 Å². The maximum absolute atomic E-state index is 13.4. The highest BCUT2D eigenvalue weighted by molar-refractivity contribution is 5.77. The molecule has 1 aromatic heterocycles. The van der Waals surface area contributed by atoms with Gasteiger partial charge in [-0.2, -0.15) is 0 Å². The highest BCUT2D eigenvalue weighted by Crippen LogP contribution is 2.20. The molecule has 1 heterocycles. The lowest BCUT2D eigenvalue weighted by Crippen LogP contribution is -2.27. The van der Waals surface area contributed by atoms with Crippen LogP contribution in [-0.4, -0.2) is 20.6 Å². The summed E-state index contributed by atoms with van der Waals surface area (Å²) in [5.74, 6) is -1.23. The van der Waals surface area contributed by atoms with E-state index >= 15 is 0 Å². The van der Waals surface area contributed by atoms with E-state index in [0.717, 1.165) is 11.0 Å². The zero-order chi connectivity index (χ0) is 17.1. The third-order valence-corrected chi connectivity index (χ3v) is 3.96. The van der Waals surface area contributed by atoms with E-state index in [9.17, 15) is 14.3 Å². The fourth-order valence-corrected chi connectivity index (χ4v) is 2.60. The molecule has 5 nitrogen and oxygen atoms in total. The highest BCUT2D eigenvalue weighted by atomic mass is 19.1. The maximum Gasteiger partial charge on any atom is 0.222 e. The summed E-state index contributed by atoms with van der Waals surface area (Å²) in [6.07, 6.45) is 2.02. The number of carbonyl (C=O) groups excluding carboxylic acids is 1. The molecule has 0 aliphatic rings. The summed E-state index contributed by atoms with van der Waals surface area (Å²) in [6.45, 7) is 2.29. The number of hydrogen-bond acceptors (Lipinski definition) is 3. The molecule has 3 rings (SSSR count). The van der Waals surface area contributed by atoms with E-state index in [1.807, 2.05) is 28.8 Å². The van der Waals surface area contributed by atoms with Crippen molar-refractivity contribution in [3.05, 3.63) is 60.2 Å². The molecule has 6 heteroatoms. The standard InChI is InChI=1S/C18H18FN3O2/c1-12(13-6-7-17(23)14(19)10-13)21-18(24)8-9-22-11-20-15-4-2-3-5-16(15)22/h2-7,10-12,23H,8-9H2,1H3,(H,21,24)/t12-/m0/s1. The number of hydrogen-bond donors (Lipinski definition) is 2. The van der Waals surface area contributed by atoms with Crippen LogP contribution in [0.4, 0.5) is 4.39 Å². The van der Waals surface area contributed by atoms with E-state index in [-0.39, 0.29) is 11.9 Å². The normalized spacial score (nSPS) is 12.2. The molecule has 1 amide bonds. The van der Waals surface area contributed by atoms with E-state index in [2.05, 4.69) is 10.3 Å². The number of aromatic hydroxyl groups is 1. The van der Waals surface area contributed by atoms with E-state index in [0.29, 0.717) is 18.5 Å². The number of carbonyl (C=O) groups is 1. The van der Waals surface area contributed by atoms with Crippen LogP contribution in [0.2, 0.25) is 0 Å². The quantitative estimate of drug-likeness (QED) is 0.756. The third-order valence-electron chi connectivity index (χ3n) is 3.96. The smallest absolute Gasteiger partial charge is 0.222 e. The number of fused-ring (bicyclic) bond motifs is 1. The van der Waals surface area contributed by atoms with Crippen molar-refractivity contribution in [1.82, 2.24) is 14.9 Å². The van der Waals surface area contributed by atoms with Gasteiger partial charge in [-0.25, -0.2) is 9.37 Å². The largest absolute Gasteiger partial charge is 0.505 e. The Morgan fingerprint density at radius 2 is 2.12 bits per heavy atom. The van der Waals surface area contributed by atoms with Crippen LogP contribution in [0.25, 0.3) is 11.0 Å². The number of rotatable bonds is 5. The monoisotopic (exact) mass is 327 g/mol. The molecule has 2 N–H and O–H groups in total. The van der Waals surface area contributed by atoms with Gasteiger partial charge in [0.25, 0.3) is 0 Å². The highest BCUT2D eigenvalue weighted by Gasteiger charge is 2.12. The Balaban J connectivity index is 1.60. The Kier molecular flexibility index (Phi) is 4.46. The van der Waals surface area contributed by atoms with Crippen LogP contribution in [-0.2, 0) is 11.3 Å². The molecule has 24 heavy (non-hydrogen) atoms. The van der Waals surface area contributed by atoms with E-state index in [1.165, 1.54) is 12.1 Å². The number of phenolic OH excluding ortho intramolecular Hbond substituents is 1. The Bertz CT molecular complexity index is 876. The minimum Gasteiger partial charge on any atom is -0.505 e. The van der Waals surface area contributed by atoms with Crippen molar-refractivity contribution in [1.29, 1.82) is 0 Å². The van der Waals surface area contributed by atoms with Gasteiger partial charge in [0.15, 0.2) is 11.6 Å². The van der Waals surface area contributed by atoms with Gasteiger partial charge in [0.1, 0.15) is 0 Å². The van der Waals surface area contributed by atoms with Gasteiger partial charge in [-0.1, -0.05) is 18.2 Å². The van der Waals surface area contributed by atoms with E-state index in [1.54, 1.807) is 19.3 Å². The molecule has 0 aliphatic carbocycles. The molecule has 0 aliphatic heterocycles. The lowest BCUT2D eigenvalue weighted by molar-refractivity contribution is -0.121. The van der Waals surface area contributed by atoms with Gasteiger partial charge in [0, 0.05) is 13.0 Å². The lowest BCUT2D eigenvalue weighted by atomic mass is 10.1.